The lowest BCUT2D eigenvalue weighted by atomic mass is 9.86. The average Bonchev–Trinajstić information content (AvgIpc) is 2.38. The molecular formula is C15H21ClN2O2. The summed E-state index contributed by atoms with van der Waals surface area (Å²) in [5.74, 6) is -0.843. The SMILES string of the molecule is CC(C)(C)c1ccccc1NC(=O)C(=O)NCCCCl. The molecule has 0 spiro atoms. The van der Waals surface area contributed by atoms with Gasteiger partial charge < -0.3 is 10.6 Å². The van der Waals surface area contributed by atoms with Crippen LogP contribution in [0.3, 0.4) is 0 Å². The third-order valence-corrected chi connectivity index (χ3v) is 3.05. The van der Waals surface area contributed by atoms with Gasteiger partial charge >= 0.3 is 11.8 Å². The number of benzene rings is 1. The van der Waals surface area contributed by atoms with Crippen LogP contribution in [0.15, 0.2) is 24.3 Å². The van der Waals surface area contributed by atoms with E-state index in [1.165, 1.54) is 0 Å². The minimum Gasteiger partial charge on any atom is -0.348 e. The van der Waals surface area contributed by atoms with Crippen LogP contribution in [0, 0.1) is 0 Å². The minimum atomic E-state index is -0.656. The summed E-state index contributed by atoms with van der Waals surface area (Å²) in [6, 6.07) is 7.48. The third-order valence-electron chi connectivity index (χ3n) is 2.79. The van der Waals surface area contributed by atoms with Gasteiger partial charge in [0.1, 0.15) is 0 Å². The summed E-state index contributed by atoms with van der Waals surface area (Å²) in [5.41, 5.74) is 1.54. The summed E-state index contributed by atoms with van der Waals surface area (Å²) in [6.07, 6.45) is 0.638. The quantitative estimate of drug-likeness (QED) is 0.510. The Morgan fingerprint density at radius 1 is 1.15 bits per heavy atom. The summed E-state index contributed by atoms with van der Waals surface area (Å²) in [5, 5.41) is 5.19. The van der Waals surface area contributed by atoms with E-state index >= 15 is 0 Å². The van der Waals surface area contributed by atoms with E-state index in [4.69, 9.17) is 11.6 Å². The number of alkyl halides is 1. The second-order valence-corrected chi connectivity index (χ2v) is 5.93. The number of carbonyl (C=O) groups excluding carboxylic acids is 2. The van der Waals surface area contributed by atoms with E-state index in [-0.39, 0.29) is 5.41 Å². The van der Waals surface area contributed by atoms with E-state index in [0.29, 0.717) is 24.5 Å². The molecule has 5 heteroatoms. The molecule has 110 valence electrons. The Kier molecular flexibility index (Phi) is 6.02. The molecule has 0 bridgehead atoms. The molecule has 0 aromatic heterocycles. The van der Waals surface area contributed by atoms with Crippen molar-refractivity contribution < 1.29 is 9.59 Å². The highest BCUT2D eigenvalue weighted by atomic mass is 35.5. The van der Waals surface area contributed by atoms with Crippen molar-refractivity contribution in [1.82, 2.24) is 5.32 Å². The molecular weight excluding hydrogens is 276 g/mol. The van der Waals surface area contributed by atoms with E-state index in [0.717, 1.165) is 5.56 Å². The van der Waals surface area contributed by atoms with Gasteiger partial charge in [-0.1, -0.05) is 39.0 Å². The van der Waals surface area contributed by atoms with Crippen LogP contribution in [-0.2, 0) is 15.0 Å². The van der Waals surface area contributed by atoms with Gasteiger partial charge in [-0.05, 0) is 23.5 Å². The Balaban J connectivity index is 2.74. The van der Waals surface area contributed by atoms with Crippen molar-refractivity contribution in [2.24, 2.45) is 0 Å². The maximum atomic E-state index is 11.8. The molecule has 0 heterocycles. The molecule has 4 nitrogen and oxygen atoms in total. The van der Waals surface area contributed by atoms with Gasteiger partial charge in [-0.25, -0.2) is 0 Å². The van der Waals surface area contributed by atoms with Gasteiger partial charge in [0.15, 0.2) is 0 Å². The van der Waals surface area contributed by atoms with Crippen molar-refractivity contribution in [3.63, 3.8) is 0 Å². The molecule has 1 aromatic carbocycles. The predicted octanol–water partition coefficient (Wildman–Crippen LogP) is 2.67. The fraction of sp³-hybridized carbons (Fsp3) is 0.467. The normalized spacial score (nSPS) is 11.0. The first-order valence-corrected chi connectivity index (χ1v) is 7.14. The monoisotopic (exact) mass is 296 g/mol. The maximum absolute atomic E-state index is 11.8. The van der Waals surface area contributed by atoms with Crippen LogP contribution in [0.1, 0.15) is 32.8 Å². The first kappa shape index (κ1) is 16.5. The Morgan fingerprint density at radius 3 is 2.40 bits per heavy atom. The van der Waals surface area contributed by atoms with Gasteiger partial charge in [0, 0.05) is 18.1 Å². The van der Waals surface area contributed by atoms with Gasteiger partial charge in [-0.2, -0.15) is 0 Å². The maximum Gasteiger partial charge on any atom is 0.313 e. The number of carbonyl (C=O) groups is 2. The molecule has 0 radical (unpaired) electrons. The zero-order valence-electron chi connectivity index (χ0n) is 12.1. The molecule has 0 aliphatic rings. The minimum absolute atomic E-state index is 0.112. The number of nitrogens with one attached hydrogen (secondary N) is 2. The van der Waals surface area contributed by atoms with Crippen LogP contribution in [-0.4, -0.2) is 24.2 Å². The Morgan fingerprint density at radius 2 is 1.80 bits per heavy atom. The van der Waals surface area contributed by atoms with Crippen LogP contribution in [0.2, 0.25) is 0 Å². The molecule has 1 rings (SSSR count). The lowest BCUT2D eigenvalue weighted by Gasteiger charge is -2.22. The van der Waals surface area contributed by atoms with E-state index in [2.05, 4.69) is 31.4 Å². The summed E-state index contributed by atoms with van der Waals surface area (Å²) in [4.78, 5) is 23.4. The third kappa shape index (κ3) is 4.85. The van der Waals surface area contributed by atoms with Crippen molar-refractivity contribution in [2.45, 2.75) is 32.6 Å². The van der Waals surface area contributed by atoms with Crippen LogP contribution in [0.25, 0.3) is 0 Å². The largest absolute Gasteiger partial charge is 0.348 e. The number of rotatable bonds is 4. The molecule has 0 unspecified atom stereocenters. The van der Waals surface area contributed by atoms with E-state index < -0.39 is 11.8 Å². The van der Waals surface area contributed by atoms with Crippen molar-refractivity contribution in [3.05, 3.63) is 29.8 Å². The number of amides is 2. The fourth-order valence-corrected chi connectivity index (χ4v) is 1.91. The number of anilines is 1. The molecule has 0 fully saturated rings. The zero-order valence-corrected chi connectivity index (χ0v) is 12.9. The van der Waals surface area contributed by atoms with Crippen molar-refractivity contribution in [3.8, 4) is 0 Å². The van der Waals surface area contributed by atoms with Crippen LogP contribution in [0.4, 0.5) is 5.69 Å². The lowest BCUT2D eigenvalue weighted by molar-refractivity contribution is -0.136. The van der Waals surface area contributed by atoms with Crippen molar-refractivity contribution >= 4 is 29.1 Å². The Labute approximate surface area is 124 Å². The smallest absolute Gasteiger partial charge is 0.313 e. The number of hydrogen-bond acceptors (Lipinski definition) is 2. The first-order chi connectivity index (χ1) is 9.36. The van der Waals surface area contributed by atoms with E-state index in [1.54, 1.807) is 6.07 Å². The average molecular weight is 297 g/mol. The first-order valence-electron chi connectivity index (χ1n) is 6.61. The fourth-order valence-electron chi connectivity index (χ4n) is 1.77. The molecule has 0 saturated carbocycles. The van der Waals surface area contributed by atoms with E-state index in [9.17, 15) is 9.59 Å². The molecule has 20 heavy (non-hydrogen) atoms. The molecule has 2 amide bonds. The summed E-state index contributed by atoms with van der Waals surface area (Å²) >= 11 is 5.51. The lowest BCUT2D eigenvalue weighted by Crippen LogP contribution is -2.36. The van der Waals surface area contributed by atoms with Gasteiger partial charge in [0.25, 0.3) is 0 Å². The Hall–Kier alpha value is -1.55. The highest BCUT2D eigenvalue weighted by Crippen LogP contribution is 2.29. The topological polar surface area (TPSA) is 58.2 Å². The molecule has 0 aliphatic carbocycles. The summed E-state index contributed by atoms with van der Waals surface area (Å²) in [6.45, 7) is 6.56. The van der Waals surface area contributed by atoms with Gasteiger partial charge in [0.05, 0.1) is 0 Å². The standard InChI is InChI=1S/C15H21ClN2O2/c1-15(2,3)11-7-4-5-8-12(11)18-14(20)13(19)17-10-6-9-16/h4-5,7-8H,6,9-10H2,1-3H3,(H,17,19)(H,18,20). The second kappa shape index (κ2) is 7.29. The summed E-state index contributed by atoms with van der Waals surface area (Å²) in [7, 11) is 0. The molecule has 1 aromatic rings. The van der Waals surface area contributed by atoms with Crippen LogP contribution in [0.5, 0.6) is 0 Å². The van der Waals surface area contributed by atoms with Crippen molar-refractivity contribution in [1.29, 1.82) is 0 Å². The van der Waals surface area contributed by atoms with Crippen LogP contribution >= 0.6 is 11.6 Å². The van der Waals surface area contributed by atoms with Gasteiger partial charge in [-0.15, -0.1) is 11.6 Å². The van der Waals surface area contributed by atoms with E-state index in [1.807, 2.05) is 18.2 Å². The molecule has 0 saturated heterocycles. The Bertz CT molecular complexity index is 481. The zero-order chi connectivity index (χ0) is 15.2. The van der Waals surface area contributed by atoms with Gasteiger partial charge in [0.2, 0.25) is 0 Å². The number of para-hydroxylation sites is 1. The number of hydrogen-bond donors (Lipinski definition) is 2. The van der Waals surface area contributed by atoms with Crippen LogP contribution < -0.4 is 10.6 Å². The predicted molar refractivity (Wildman–Crippen MR) is 82.1 cm³/mol. The molecule has 0 atom stereocenters. The second-order valence-electron chi connectivity index (χ2n) is 5.55. The van der Waals surface area contributed by atoms with Crippen molar-refractivity contribution in [2.75, 3.05) is 17.7 Å². The highest BCUT2D eigenvalue weighted by molar-refractivity contribution is 6.39. The molecule has 0 aliphatic heterocycles. The highest BCUT2D eigenvalue weighted by Gasteiger charge is 2.20. The van der Waals surface area contributed by atoms with Gasteiger partial charge in [-0.3, -0.25) is 9.59 Å². The number of halogens is 1. The molecule has 2 N–H and O–H groups in total. The summed E-state index contributed by atoms with van der Waals surface area (Å²) < 4.78 is 0.